The summed E-state index contributed by atoms with van der Waals surface area (Å²) in [5.41, 5.74) is 0.0137. The summed E-state index contributed by atoms with van der Waals surface area (Å²) in [5.74, 6) is -0.227. The number of fused-ring (bicyclic) bond motifs is 1. The SMILES string of the molecule is CC(CCC1(C)OC1C)C(=O)NCC(=O)OCC1CCC2(C)OC2C1. The van der Waals surface area contributed by atoms with Crippen LogP contribution in [0.25, 0.3) is 0 Å². The third-order valence-corrected chi connectivity index (χ3v) is 6.29. The predicted molar refractivity (Wildman–Crippen MR) is 91.9 cm³/mol. The average Bonchev–Trinajstić information content (AvgIpc) is 3.42. The normalized spacial score (nSPS) is 39.9. The fourth-order valence-electron chi connectivity index (χ4n) is 3.73. The van der Waals surface area contributed by atoms with Gasteiger partial charge in [0, 0.05) is 5.92 Å². The highest BCUT2D eigenvalue weighted by Crippen LogP contribution is 2.49. The highest BCUT2D eigenvalue weighted by Gasteiger charge is 2.55. The van der Waals surface area contributed by atoms with E-state index in [-0.39, 0.29) is 41.6 Å². The third-order valence-electron chi connectivity index (χ3n) is 6.29. The van der Waals surface area contributed by atoms with Gasteiger partial charge in [-0.3, -0.25) is 9.59 Å². The van der Waals surface area contributed by atoms with Crippen molar-refractivity contribution in [1.82, 2.24) is 5.32 Å². The molecule has 6 unspecified atom stereocenters. The van der Waals surface area contributed by atoms with Gasteiger partial charge < -0.3 is 19.5 Å². The number of ether oxygens (including phenoxy) is 3. The molecule has 1 aliphatic carbocycles. The number of rotatable bonds is 8. The first-order chi connectivity index (χ1) is 11.7. The van der Waals surface area contributed by atoms with Crippen LogP contribution in [-0.2, 0) is 23.8 Å². The van der Waals surface area contributed by atoms with Crippen molar-refractivity contribution in [3.05, 3.63) is 0 Å². The standard InChI is InChI=1S/C19H31NO5/c1-12(5-7-18(3)13(2)24-18)17(22)20-10-16(21)23-11-14-6-8-19(4)15(9-14)25-19/h12-15H,5-11H2,1-4H3,(H,20,22). The highest BCUT2D eigenvalue weighted by atomic mass is 16.6. The number of amides is 1. The second-order valence-electron chi connectivity index (χ2n) is 8.47. The van der Waals surface area contributed by atoms with E-state index in [1.165, 1.54) is 0 Å². The molecule has 1 N–H and O–H groups in total. The summed E-state index contributed by atoms with van der Waals surface area (Å²) < 4.78 is 16.5. The summed E-state index contributed by atoms with van der Waals surface area (Å²) in [6.45, 7) is 8.51. The molecule has 6 nitrogen and oxygen atoms in total. The number of hydrogen-bond donors (Lipinski definition) is 1. The molecule has 6 heteroatoms. The molecular formula is C19H31NO5. The van der Waals surface area contributed by atoms with Crippen LogP contribution < -0.4 is 5.32 Å². The maximum absolute atomic E-state index is 12.1. The van der Waals surface area contributed by atoms with E-state index >= 15 is 0 Å². The van der Waals surface area contributed by atoms with Crippen LogP contribution in [0, 0.1) is 11.8 Å². The van der Waals surface area contributed by atoms with E-state index in [1.54, 1.807) is 0 Å². The minimum absolute atomic E-state index is 0.0578. The minimum atomic E-state index is -0.364. The van der Waals surface area contributed by atoms with E-state index in [1.807, 2.05) is 13.8 Å². The van der Waals surface area contributed by atoms with Crippen molar-refractivity contribution < 1.29 is 23.8 Å². The maximum Gasteiger partial charge on any atom is 0.325 e. The lowest BCUT2D eigenvalue weighted by atomic mass is 9.83. The van der Waals surface area contributed by atoms with Gasteiger partial charge in [-0.15, -0.1) is 0 Å². The summed E-state index contributed by atoms with van der Waals surface area (Å²) in [6, 6.07) is 0. The van der Waals surface area contributed by atoms with Crippen LogP contribution in [0.2, 0.25) is 0 Å². The fourth-order valence-corrected chi connectivity index (χ4v) is 3.73. The maximum atomic E-state index is 12.1. The Morgan fingerprint density at radius 2 is 2.04 bits per heavy atom. The zero-order chi connectivity index (χ0) is 18.2. The minimum Gasteiger partial charge on any atom is -0.464 e. The molecule has 142 valence electrons. The Morgan fingerprint density at radius 1 is 1.32 bits per heavy atom. The van der Waals surface area contributed by atoms with Crippen LogP contribution in [0.3, 0.4) is 0 Å². The molecule has 2 saturated heterocycles. The van der Waals surface area contributed by atoms with E-state index in [2.05, 4.69) is 19.2 Å². The lowest BCUT2D eigenvalue weighted by Crippen LogP contribution is -2.35. The second-order valence-corrected chi connectivity index (χ2v) is 8.47. The quantitative estimate of drug-likeness (QED) is 0.534. The van der Waals surface area contributed by atoms with Crippen molar-refractivity contribution in [2.75, 3.05) is 13.2 Å². The second kappa shape index (κ2) is 6.88. The Morgan fingerprint density at radius 3 is 2.68 bits per heavy atom. The molecule has 0 radical (unpaired) electrons. The van der Waals surface area contributed by atoms with E-state index in [0.717, 1.165) is 32.1 Å². The number of esters is 1. The largest absolute Gasteiger partial charge is 0.464 e. The number of carbonyl (C=O) groups excluding carboxylic acids is 2. The lowest BCUT2D eigenvalue weighted by molar-refractivity contribution is -0.145. The van der Waals surface area contributed by atoms with Gasteiger partial charge in [0.2, 0.25) is 5.91 Å². The highest BCUT2D eigenvalue weighted by molar-refractivity contribution is 5.83. The Labute approximate surface area is 150 Å². The van der Waals surface area contributed by atoms with Gasteiger partial charge in [0.25, 0.3) is 0 Å². The van der Waals surface area contributed by atoms with E-state index in [4.69, 9.17) is 14.2 Å². The summed E-state index contributed by atoms with van der Waals surface area (Å²) in [6.07, 6.45) is 5.26. The molecule has 0 spiro atoms. The Hall–Kier alpha value is -1.14. The van der Waals surface area contributed by atoms with Crippen LogP contribution in [0.1, 0.15) is 59.8 Å². The number of nitrogens with one attached hydrogen (secondary N) is 1. The summed E-state index contributed by atoms with van der Waals surface area (Å²) >= 11 is 0. The van der Waals surface area contributed by atoms with Crippen LogP contribution in [0.5, 0.6) is 0 Å². The van der Waals surface area contributed by atoms with Gasteiger partial charge >= 0.3 is 5.97 Å². The van der Waals surface area contributed by atoms with E-state index < -0.39 is 0 Å². The molecule has 6 atom stereocenters. The molecule has 3 rings (SSSR count). The first-order valence-corrected chi connectivity index (χ1v) is 9.51. The van der Waals surface area contributed by atoms with Gasteiger partial charge in [-0.25, -0.2) is 0 Å². The van der Waals surface area contributed by atoms with Crippen LogP contribution in [0.15, 0.2) is 0 Å². The molecule has 0 aromatic carbocycles. The Balaban J connectivity index is 1.27. The number of epoxide rings is 2. The molecule has 3 aliphatic rings. The predicted octanol–water partition coefficient (Wildman–Crippen LogP) is 2.20. The van der Waals surface area contributed by atoms with Crippen molar-refractivity contribution in [3.63, 3.8) is 0 Å². The van der Waals surface area contributed by atoms with Gasteiger partial charge in [-0.05, 0) is 58.8 Å². The Bertz CT molecular complexity index is 538. The van der Waals surface area contributed by atoms with Gasteiger partial charge in [0.15, 0.2) is 0 Å². The topological polar surface area (TPSA) is 80.5 Å². The van der Waals surface area contributed by atoms with Crippen molar-refractivity contribution in [1.29, 1.82) is 0 Å². The Kier molecular flexibility index (Phi) is 5.13. The number of carbonyl (C=O) groups is 2. The molecule has 1 amide bonds. The van der Waals surface area contributed by atoms with Crippen molar-refractivity contribution in [3.8, 4) is 0 Å². The monoisotopic (exact) mass is 353 g/mol. The number of hydrogen-bond acceptors (Lipinski definition) is 5. The average molecular weight is 353 g/mol. The van der Waals surface area contributed by atoms with E-state index in [9.17, 15) is 9.59 Å². The molecule has 3 fully saturated rings. The molecule has 0 aromatic heterocycles. The van der Waals surface area contributed by atoms with E-state index in [0.29, 0.717) is 18.6 Å². The summed E-state index contributed by atoms with van der Waals surface area (Å²) in [7, 11) is 0. The van der Waals surface area contributed by atoms with Crippen molar-refractivity contribution in [2.24, 2.45) is 11.8 Å². The van der Waals surface area contributed by atoms with Crippen LogP contribution in [0.4, 0.5) is 0 Å². The molecule has 0 bridgehead atoms. The molecule has 2 aliphatic heterocycles. The van der Waals surface area contributed by atoms with Crippen molar-refractivity contribution >= 4 is 11.9 Å². The molecule has 25 heavy (non-hydrogen) atoms. The van der Waals surface area contributed by atoms with Gasteiger partial charge in [-0.2, -0.15) is 0 Å². The van der Waals surface area contributed by atoms with Crippen LogP contribution in [-0.4, -0.2) is 48.4 Å². The first-order valence-electron chi connectivity index (χ1n) is 9.51. The van der Waals surface area contributed by atoms with Gasteiger partial charge in [0.05, 0.1) is 30.0 Å². The zero-order valence-corrected chi connectivity index (χ0v) is 15.8. The van der Waals surface area contributed by atoms with Gasteiger partial charge in [0.1, 0.15) is 6.54 Å². The molecular weight excluding hydrogens is 322 g/mol. The zero-order valence-electron chi connectivity index (χ0n) is 15.8. The summed E-state index contributed by atoms with van der Waals surface area (Å²) in [4.78, 5) is 23.9. The third kappa shape index (κ3) is 4.53. The van der Waals surface area contributed by atoms with Crippen LogP contribution >= 0.6 is 0 Å². The lowest BCUT2D eigenvalue weighted by Gasteiger charge is -2.22. The smallest absolute Gasteiger partial charge is 0.325 e. The summed E-state index contributed by atoms with van der Waals surface area (Å²) in [5, 5.41) is 2.68. The van der Waals surface area contributed by atoms with Gasteiger partial charge in [-0.1, -0.05) is 6.92 Å². The molecule has 1 saturated carbocycles. The molecule has 2 heterocycles. The van der Waals surface area contributed by atoms with Crippen molar-refractivity contribution in [2.45, 2.75) is 83.2 Å². The molecule has 0 aromatic rings. The fraction of sp³-hybridized carbons (Fsp3) is 0.895. The first kappa shape index (κ1) is 18.6.